The van der Waals surface area contributed by atoms with E-state index in [2.05, 4.69) is 30.1 Å². The topological polar surface area (TPSA) is 39.1 Å². The second kappa shape index (κ2) is 6.72. The zero-order valence-electron chi connectivity index (χ0n) is 12.6. The largest absolute Gasteiger partial charge is 0.303 e. The van der Waals surface area contributed by atoms with Crippen LogP contribution in [0.4, 0.5) is 0 Å². The Hall–Kier alpha value is -0.590. The van der Waals surface area contributed by atoms with Gasteiger partial charge in [-0.05, 0) is 57.0 Å². The number of hydrogen-bond donors (Lipinski definition) is 1. The number of nitrogens with one attached hydrogen (secondary N) is 1. The molecule has 1 N–H and O–H groups in total. The van der Waals surface area contributed by atoms with Crippen molar-refractivity contribution >= 4 is 0 Å². The minimum Gasteiger partial charge on any atom is -0.303 e. The molecular formula is C16H29N3. The molecule has 19 heavy (non-hydrogen) atoms. The van der Waals surface area contributed by atoms with E-state index in [-0.39, 0.29) is 5.54 Å². The highest BCUT2D eigenvalue weighted by atomic mass is 15.2. The van der Waals surface area contributed by atoms with Gasteiger partial charge >= 0.3 is 0 Å². The van der Waals surface area contributed by atoms with Crippen molar-refractivity contribution in [2.24, 2.45) is 11.8 Å². The first kappa shape index (κ1) is 14.8. The van der Waals surface area contributed by atoms with Gasteiger partial charge in [-0.15, -0.1) is 0 Å². The maximum atomic E-state index is 9.40. The van der Waals surface area contributed by atoms with E-state index in [0.717, 1.165) is 37.6 Å². The Labute approximate surface area is 118 Å². The summed E-state index contributed by atoms with van der Waals surface area (Å²) in [7, 11) is 0. The van der Waals surface area contributed by atoms with Gasteiger partial charge in [0.1, 0.15) is 5.54 Å². The maximum Gasteiger partial charge on any atom is 0.106 e. The van der Waals surface area contributed by atoms with E-state index in [1.807, 2.05) is 0 Å². The molecule has 0 aromatic carbocycles. The lowest BCUT2D eigenvalue weighted by Crippen LogP contribution is -2.43. The molecule has 1 aliphatic heterocycles. The molecule has 0 spiro atoms. The first-order chi connectivity index (χ1) is 9.23. The van der Waals surface area contributed by atoms with Crippen molar-refractivity contribution in [3.8, 4) is 6.07 Å². The summed E-state index contributed by atoms with van der Waals surface area (Å²) in [6.07, 6.45) is 7.40. The van der Waals surface area contributed by atoms with Crippen molar-refractivity contribution < 1.29 is 0 Å². The van der Waals surface area contributed by atoms with Crippen LogP contribution in [0.15, 0.2) is 0 Å². The predicted octanol–water partition coefficient (Wildman–Crippen LogP) is 2.78. The van der Waals surface area contributed by atoms with Crippen LogP contribution in [0.3, 0.4) is 0 Å². The first-order valence-corrected chi connectivity index (χ1v) is 8.11. The van der Waals surface area contributed by atoms with Crippen LogP contribution in [-0.4, -0.2) is 36.6 Å². The molecule has 3 heteroatoms. The maximum absolute atomic E-state index is 9.40. The summed E-state index contributed by atoms with van der Waals surface area (Å²) in [6, 6.07) is 2.50. The van der Waals surface area contributed by atoms with Crippen LogP contribution in [0.25, 0.3) is 0 Å². The van der Waals surface area contributed by atoms with Crippen LogP contribution < -0.4 is 5.32 Å². The Kier molecular flexibility index (Phi) is 5.24. The Bertz CT molecular complexity index is 310. The van der Waals surface area contributed by atoms with Crippen LogP contribution in [0.2, 0.25) is 0 Å². The average Bonchev–Trinajstić information content (AvgIpc) is 2.98. The van der Waals surface area contributed by atoms with Gasteiger partial charge in [-0.1, -0.05) is 20.3 Å². The second-order valence-corrected chi connectivity index (χ2v) is 6.39. The zero-order valence-corrected chi connectivity index (χ0v) is 12.6. The molecule has 2 rings (SSSR count). The number of likely N-dealkylation sites (tertiary alicyclic amines) is 1. The number of hydrogen-bond acceptors (Lipinski definition) is 3. The third-order valence-electron chi connectivity index (χ3n) is 5.21. The summed E-state index contributed by atoms with van der Waals surface area (Å²) in [6.45, 7) is 8.90. The summed E-state index contributed by atoms with van der Waals surface area (Å²) in [5, 5.41) is 12.8. The molecule has 1 saturated heterocycles. The Morgan fingerprint density at radius 1 is 1.26 bits per heavy atom. The minimum atomic E-state index is -0.287. The van der Waals surface area contributed by atoms with Crippen LogP contribution in [-0.2, 0) is 0 Å². The van der Waals surface area contributed by atoms with Crippen LogP contribution >= 0.6 is 0 Å². The molecule has 0 bridgehead atoms. The molecular weight excluding hydrogens is 234 g/mol. The number of nitrogens with zero attached hydrogens (tertiary/aromatic N) is 2. The van der Waals surface area contributed by atoms with Gasteiger partial charge in [0.2, 0.25) is 0 Å². The van der Waals surface area contributed by atoms with Crippen molar-refractivity contribution in [2.45, 2.75) is 57.9 Å². The van der Waals surface area contributed by atoms with Gasteiger partial charge in [-0.3, -0.25) is 5.32 Å². The molecule has 0 aromatic rings. The monoisotopic (exact) mass is 263 g/mol. The molecule has 1 saturated carbocycles. The van der Waals surface area contributed by atoms with E-state index in [0.29, 0.717) is 0 Å². The van der Waals surface area contributed by atoms with E-state index >= 15 is 0 Å². The van der Waals surface area contributed by atoms with Gasteiger partial charge < -0.3 is 4.90 Å². The summed E-state index contributed by atoms with van der Waals surface area (Å²) in [5.41, 5.74) is -0.287. The Morgan fingerprint density at radius 2 is 1.95 bits per heavy atom. The Morgan fingerprint density at radius 3 is 2.47 bits per heavy atom. The summed E-state index contributed by atoms with van der Waals surface area (Å²) in [5.74, 6) is 1.97. The third-order valence-corrected chi connectivity index (χ3v) is 5.21. The van der Waals surface area contributed by atoms with Gasteiger partial charge in [-0.25, -0.2) is 0 Å². The molecule has 0 radical (unpaired) electrons. The SMILES string of the molecule is CCNC(C#N)(CC)CCCN1CC2CCCC2C1. The summed E-state index contributed by atoms with van der Waals surface area (Å²) in [4.78, 5) is 2.64. The molecule has 3 unspecified atom stereocenters. The normalized spacial score (nSPS) is 29.9. The van der Waals surface area contributed by atoms with Crippen molar-refractivity contribution in [3.63, 3.8) is 0 Å². The third kappa shape index (κ3) is 3.49. The molecule has 1 aliphatic carbocycles. The smallest absolute Gasteiger partial charge is 0.106 e. The predicted molar refractivity (Wildman–Crippen MR) is 78.8 cm³/mol. The molecule has 0 aromatic heterocycles. The van der Waals surface area contributed by atoms with Gasteiger partial charge in [0, 0.05) is 13.1 Å². The standard InChI is InChI=1S/C16H29N3/c1-3-16(13-17,18-4-2)9-6-10-19-11-14-7-5-8-15(14)12-19/h14-15,18H,3-12H2,1-2H3. The molecule has 1 heterocycles. The Balaban J connectivity index is 1.72. The number of rotatable bonds is 7. The lowest BCUT2D eigenvalue weighted by molar-refractivity contribution is 0.281. The van der Waals surface area contributed by atoms with E-state index in [4.69, 9.17) is 0 Å². The fourth-order valence-electron chi connectivity index (χ4n) is 4.02. The highest BCUT2D eigenvalue weighted by molar-refractivity contribution is 5.06. The lowest BCUT2D eigenvalue weighted by atomic mass is 9.92. The minimum absolute atomic E-state index is 0.287. The zero-order chi connectivity index (χ0) is 13.7. The van der Waals surface area contributed by atoms with E-state index in [1.54, 1.807) is 0 Å². The molecule has 2 fully saturated rings. The molecule has 3 atom stereocenters. The molecule has 2 aliphatic rings. The van der Waals surface area contributed by atoms with Crippen molar-refractivity contribution in [3.05, 3.63) is 0 Å². The van der Waals surface area contributed by atoms with Gasteiger partial charge in [-0.2, -0.15) is 5.26 Å². The quantitative estimate of drug-likeness (QED) is 0.767. The highest BCUT2D eigenvalue weighted by Gasteiger charge is 2.36. The first-order valence-electron chi connectivity index (χ1n) is 8.11. The van der Waals surface area contributed by atoms with E-state index in [9.17, 15) is 5.26 Å². The van der Waals surface area contributed by atoms with Crippen LogP contribution in [0, 0.1) is 23.2 Å². The van der Waals surface area contributed by atoms with Gasteiger partial charge in [0.25, 0.3) is 0 Å². The van der Waals surface area contributed by atoms with Crippen molar-refractivity contribution in [2.75, 3.05) is 26.2 Å². The number of fused-ring (bicyclic) bond motifs is 1. The van der Waals surface area contributed by atoms with Crippen LogP contribution in [0.1, 0.15) is 52.4 Å². The summed E-state index contributed by atoms with van der Waals surface area (Å²) < 4.78 is 0. The van der Waals surface area contributed by atoms with Crippen molar-refractivity contribution in [1.82, 2.24) is 10.2 Å². The summed E-state index contributed by atoms with van der Waals surface area (Å²) >= 11 is 0. The molecule has 0 amide bonds. The molecule has 3 nitrogen and oxygen atoms in total. The fraction of sp³-hybridized carbons (Fsp3) is 0.938. The van der Waals surface area contributed by atoms with Crippen LogP contribution in [0.5, 0.6) is 0 Å². The van der Waals surface area contributed by atoms with E-state index in [1.165, 1.54) is 38.9 Å². The van der Waals surface area contributed by atoms with E-state index < -0.39 is 0 Å². The number of nitriles is 1. The van der Waals surface area contributed by atoms with Gasteiger partial charge in [0.15, 0.2) is 0 Å². The fourth-order valence-corrected chi connectivity index (χ4v) is 4.02. The highest BCUT2D eigenvalue weighted by Crippen LogP contribution is 2.37. The van der Waals surface area contributed by atoms with Gasteiger partial charge in [0.05, 0.1) is 6.07 Å². The van der Waals surface area contributed by atoms with Crippen molar-refractivity contribution in [1.29, 1.82) is 5.26 Å². The molecule has 108 valence electrons. The second-order valence-electron chi connectivity index (χ2n) is 6.39. The average molecular weight is 263 g/mol. The lowest BCUT2D eigenvalue weighted by Gasteiger charge is -2.27.